The van der Waals surface area contributed by atoms with Crippen molar-refractivity contribution in [3.63, 3.8) is 0 Å². The number of rotatable bonds is 6. The smallest absolute Gasteiger partial charge is 0.391 e. The van der Waals surface area contributed by atoms with E-state index in [0.29, 0.717) is 16.5 Å². The second kappa shape index (κ2) is 9.10. The molecule has 0 aliphatic heterocycles. The number of methoxy groups -OCH3 is 1. The third kappa shape index (κ3) is 4.66. The highest BCUT2D eigenvalue weighted by atomic mass is 35.5. The summed E-state index contributed by atoms with van der Waals surface area (Å²) in [6.07, 6.45) is -3.17. The number of aromatic nitrogens is 2. The van der Waals surface area contributed by atoms with Crippen molar-refractivity contribution >= 4 is 38.3 Å². The van der Waals surface area contributed by atoms with Crippen molar-refractivity contribution in [3.8, 4) is 11.4 Å². The van der Waals surface area contributed by atoms with Gasteiger partial charge in [0, 0.05) is 22.5 Å². The maximum atomic E-state index is 13.0. The van der Waals surface area contributed by atoms with Gasteiger partial charge in [0.2, 0.25) is 0 Å². The molecule has 8 nitrogen and oxygen atoms in total. The summed E-state index contributed by atoms with van der Waals surface area (Å²) in [6.45, 7) is 0. The molecule has 1 fully saturated rings. The molecule has 0 unspecified atom stereocenters. The van der Waals surface area contributed by atoms with Gasteiger partial charge in [0.1, 0.15) is 12.0 Å². The molecule has 0 radical (unpaired) electrons. The molecule has 0 bridgehead atoms. The summed E-state index contributed by atoms with van der Waals surface area (Å²) in [5.74, 6) is -1.49. The van der Waals surface area contributed by atoms with Crippen molar-refractivity contribution in [2.45, 2.75) is 29.8 Å². The average molecular weight is 554 g/mol. The van der Waals surface area contributed by atoms with E-state index in [0.717, 1.165) is 0 Å². The Morgan fingerprint density at radius 1 is 1.14 bits per heavy atom. The Morgan fingerprint density at radius 2 is 1.89 bits per heavy atom. The van der Waals surface area contributed by atoms with E-state index in [1.807, 2.05) is 0 Å². The number of nitrogens with one attached hydrogen (secondary N) is 1. The minimum Gasteiger partial charge on any atom is -0.495 e. The third-order valence-electron chi connectivity index (χ3n) is 6.43. The Balaban J connectivity index is 1.55. The Labute approximate surface area is 213 Å². The molecule has 1 N–H and O–H groups in total. The number of benzene rings is 2. The predicted octanol–water partition coefficient (Wildman–Crippen LogP) is 5.50. The van der Waals surface area contributed by atoms with Gasteiger partial charge in [-0.15, -0.1) is 0 Å². The van der Waals surface area contributed by atoms with Crippen LogP contribution in [0.5, 0.6) is 5.75 Å². The normalized spacial score (nSPS) is 18.0. The van der Waals surface area contributed by atoms with Gasteiger partial charge in [0.15, 0.2) is 5.82 Å². The second-order valence-corrected chi connectivity index (χ2v) is 10.8. The van der Waals surface area contributed by atoms with Gasteiger partial charge in [0.05, 0.1) is 29.1 Å². The van der Waals surface area contributed by atoms with Gasteiger partial charge in [-0.2, -0.15) is 13.2 Å². The number of nitrogens with zero attached hydrogens (tertiary/aromatic N) is 2. The molecule has 2 heterocycles. The fourth-order valence-electron chi connectivity index (χ4n) is 4.45. The topological polar surface area (TPSA) is 103 Å². The summed E-state index contributed by atoms with van der Waals surface area (Å²) in [6, 6.07) is 11.3. The number of hydrogen-bond donors (Lipinski definition) is 1. The van der Waals surface area contributed by atoms with E-state index >= 15 is 0 Å². The van der Waals surface area contributed by atoms with E-state index < -0.39 is 27.7 Å². The number of sulfonamides is 1. The highest BCUT2D eigenvalue weighted by Gasteiger charge is 2.48. The lowest BCUT2D eigenvalue weighted by Crippen LogP contribution is -2.34. The van der Waals surface area contributed by atoms with Crippen LogP contribution in [-0.2, 0) is 10.0 Å². The summed E-state index contributed by atoms with van der Waals surface area (Å²) in [4.78, 5) is 12.9. The molecule has 194 valence electrons. The molecule has 4 aromatic rings. The Kier molecular flexibility index (Phi) is 6.19. The lowest BCUT2D eigenvalue weighted by Gasteiger charge is -2.37. The van der Waals surface area contributed by atoms with Crippen LogP contribution < -0.4 is 15.0 Å². The number of hydrogen-bond acceptors (Lipinski definition) is 6. The summed E-state index contributed by atoms with van der Waals surface area (Å²) < 4.78 is 78.2. The van der Waals surface area contributed by atoms with E-state index in [-0.39, 0.29) is 45.9 Å². The Bertz CT molecular complexity index is 1650. The largest absolute Gasteiger partial charge is 0.495 e. The van der Waals surface area contributed by atoms with Gasteiger partial charge in [-0.1, -0.05) is 16.8 Å². The van der Waals surface area contributed by atoms with Crippen LogP contribution in [0.3, 0.4) is 0 Å². The minimum atomic E-state index is -4.25. The fourth-order valence-corrected chi connectivity index (χ4v) is 5.79. The van der Waals surface area contributed by atoms with Crippen molar-refractivity contribution in [2.75, 3.05) is 11.8 Å². The van der Waals surface area contributed by atoms with E-state index in [2.05, 4.69) is 14.4 Å². The van der Waals surface area contributed by atoms with Gasteiger partial charge in [-0.3, -0.25) is 14.1 Å². The molecule has 1 aliphatic rings. The van der Waals surface area contributed by atoms with Gasteiger partial charge in [-0.05, 0) is 60.7 Å². The SMILES string of the molecule is COc1cc(C2CC(C(F)(F)F)C2)c(Cl)cc1-n1c(=O)ccc2cc(S(=O)(=O)Nc3ccon3)ccc21. The van der Waals surface area contributed by atoms with Gasteiger partial charge in [-0.25, -0.2) is 8.42 Å². The first-order valence-corrected chi connectivity index (χ1v) is 12.9. The zero-order valence-electron chi connectivity index (χ0n) is 19.1. The van der Waals surface area contributed by atoms with Crippen LogP contribution in [-0.4, -0.2) is 31.4 Å². The van der Waals surface area contributed by atoms with Gasteiger partial charge < -0.3 is 9.26 Å². The lowest BCUT2D eigenvalue weighted by molar-refractivity contribution is -0.197. The zero-order valence-corrected chi connectivity index (χ0v) is 20.7. The average Bonchev–Trinajstić information content (AvgIpc) is 3.30. The maximum absolute atomic E-state index is 13.0. The molecule has 0 spiro atoms. The molecule has 1 aliphatic carbocycles. The number of fused-ring (bicyclic) bond motifs is 1. The van der Waals surface area contributed by atoms with Gasteiger partial charge >= 0.3 is 6.18 Å². The molecular weight excluding hydrogens is 535 g/mol. The molecular formula is C24H19ClF3N3O5S. The lowest BCUT2D eigenvalue weighted by atomic mass is 9.71. The monoisotopic (exact) mass is 553 g/mol. The molecule has 2 aromatic heterocycles. The van der Waals surface area contributed by atoms with E-state index in [1.54, 1.807) is 6.07 Å². The molecule has 2 aromatic carbocycles. The number of anilines is 1. The second-order valence-electron chi connectivity index (χ2n) is 8.67. The molecule has 1 saturated carbocycles. The molecule has 13 heteroatoms. The molecule has 0 atom stereocenters. The van der Waals surface area contributed by atoms with E-state index in [1.165, 1.54) is 60.4 Å². The van der Waals surface area contributed by atoms with E-state index in [4.69, 9.17) is 16.3 Å². The summed E-state index contributed by atoms with van der Waals surface area (Å²) in [5, 5.41) is 4.17. The first-order valence-electron chi connectivity index (χ1n) is 11.0. The standard InChI is InChI=1S/C24H19ClF3N3O5S/c1-35-21-11-17(14-8-15(9-14)24(26,27)28)18(25)12-20(21)31-19-4-3-16(10-13(19)2-5-23(31)32)37(33,34)30-22-6-7-36-29-22/h2-7,10-12,14-15H,8-9H2,1H3,(H,29,30). The quantitative estimate of drug-likeness (QED) is 0.338. The number of halogens is 4. The third-order valence-corrected chi connectivity index (χ3v) is 8.11. The Hall–Kier alpha value is -3.51. The first-order chi connectivity index (χ1) is 17.5. The summed E-state index contributed by atoms with van der Waals surface area (Å²) >= 11 is 6.48. The summed E-state index contributed by atoms with van der Waals surface area (Å²) in [5.41, 5.74) is 0.723. The van der Waals surface area contributed by atoms with Crippen molar-refractivity contribution in [3.05, 3.63) is 75.7 Å². The zero-order chi connectivity index (χ0) is 26.5. The molecule has 0 saturated heterocycles. The predicted molar refractivity (Wildman–Crippen MR) is 130 cm³/mol. The van der Waals surface area contributed by atoms with Crippen molar-refractivity contribution in [1.29, 1.82) is 0 Å². The first kappa shape index (κ1) is 25.2. The highest BCUT2D eigenvalue weighted by Crippen LogP contribution is 2.51. The minimum absolute atomic E-state index is 0.0116. The van der Waals surface area contributed by atoms with E-state index in [9.17, 15) is 26.4 Å². The van der Waals surface area contributed by atoms with Crippen LogP contribution in [0.2, 0.25) is 5.02 Å². The van der Waals surface area contributed by atoms with Crippen molar-refractivity contribution in [2.24, 2.45) is 5.92 Å². The van der Waals surface area contributed by atoms with Crippen LogP contribution in [0.1, 0.15) is 24.3 Å². The van der Waals surface area contributed by atoms with Crippen molar-refractivity contribution < 1.29 is 30.8 Å². The fraction of sp³-hybridized carbons (Fsp3) is 0.250. The van der Waals surface area contributed by atoms with Crippen LogP contribution in [0.15, 0.2) is 69.0 Å². The number of alkyl halides is 3. The highest BCUT2D eigenvalue weighted by molar-refractivity contribution is 7.92. The van der Waals surface area contributed by atoms with Gasteiger partial charge in [0.25, 0.3) is 15.6 Å². The van der Waals surface area contributed by atoms with Crippen LogP contribution in [0.4, 0.5) is 19.0 Å². The molecule has 5 rings (SSSR count). The van der Waals surface area contributed by atoms with Crippen molar-refractivity contribution in [1.82, 2.24) is 9.72 Å². The van der Waals surface area contributed by atoms with Crippen LogP contribution in [0.25, 0.3) is 16.6 Å². The number of ether oxygens (including phenoxy) is 1. The summed E-state index contributed by atoms with van der Waals surface area (Å²) in [7, 11) is -2.61. The maximum Gasteiger partial charge on any atom is 0.391 e. The van der Waals surface area contributed by atoms with Crippen LogP contribution in [0, 0.1) is 5.92 Å². The molecule has 37 heavy (non-hydrogen) atoms. The Morgan fingerprint density at radius 3 is 2.54 bits per heavy atom. The number of pyridine rings is 1. The van der Waals surface area contributed by atoms with Crippen LogP contribution >= 0.6 is 11.6 Å². The molecule has 0 amide bonds.